The van der Waals surface area contributed by atoms with Crippen molar-refractivity contribution in [2.45, 2.75) is 19.4 Å². The van der Waals surface area contributed by atoms with Gasteiger partial charge in [-0.3, -0.25) is 0 Å². The van der Waals surface area contributed by atoms with Crippen molar-refractivity contribution in [2.24, 2.45) is 0 Å². The SMILES string of the molecule is C=CNCN(C=C)CC(O)CC. The van der Waals surface area contributed by atoms with E-state index in [9.17, 15) is 5.11 Å². The molecule has 70 valence electrons. The monoisotopic (exact) mass is 170 g/mol. The maximum atomic E-state index is 9.32. The summed E-state index contributed by atoms with van der Waals surface area (Å²) in [7, 11) is 0. The summed E-state index contributed by atoms with van der Waals surface area (Å²) in [4.78, 5) is 1.90. The normalized spacial score (nSPS) is 11.8. The van der Waals surface area contributed by atoms with Crippen molar-refractivity contribution in [1.29, 1.82) is 0 Å². The van der Waals surface area contributed by atoms with Crippen LogP contribution in [0.15, 0.2) is 25.6 Å². The van der Waals surface area contributed by atoms with Gasteiger partial charge in [-0.2, -0.15) is 0 Å². The zero-order valence-electron chi connectivity index (χ0n) is 7.66. The van der Waals surface area contributed by atoms with Gasteiger partial charge in [0.05, 0.1) is 12.8 Å². The molecular weight excluding hydrogens is 152 g/mol. The molecule has 0 radical (unpaired) electrons. The molecule has 3 heteroatoms. The minimum atomic E-state index is -0.283. The first kappa shape index (κ1) is 11.0. The number of hydrogen-bond acceptors (Lipinski definition) is 3. The molecule has 0 amide bonds. The standard InChI is InChI=1S/C9H18N2O/c1-4-9(12)7-11(6-3)8-10-5-2/h5-6,9-10,12H,2-4,7-8H2,1H3. The molecule has 0 heterocycles. The van der Waals surface area contributed by atoms with Gasteiger partial charge in [0.2, 0.25) is 0 Å². The second-order valence-corrected chi connectivity index (χ2v) is 2.58. The lowest BCUT2D eigenvalue weighted by atomic mass is 10.3. The number of rotatable bonds is 7. The Kier molecular flexibility index (Phi) is 6.19. The lowest BCUT2D eigenvalue weighted by Gasteiger charge is -2.22. The van der Waals surface area contributed by atoms with E-state index in [1.807, 2.05) is 11.8 Å². The molecule has 0 aliphatic carbocycles. The van der Waals surface area contributed by atoms with Crippen LogP contribution in [0.2, 0.25) is 0 Å². The molecule has 0 spiro atoms. The van der Waals surface area contributed by atoms with Gasteiger partial charge in [0.1, 0.15) is 0 Å². The Bertz CT molecular complexity index is 136. The van der Waals surface area contributed by atoms with Crippen LogP contribution in [0, 0.1) is 0 Å². The largest absolute Gasteiger partial charge is 0.391 e. The van der Waals surface area contributed by atoms with Crippen LogP contribution in [0.25, 0.3) is 0 Å². The first-order valence-corrected chi connectivity index (χ1v) is 4.13. The van der Waals surface area contributed by atoms with Crippen LogP contribution in [-0.4, -0.2) is 29.3 Å². The summed E-state index contributed by atoms with van der Waals surface area (Å²) >= 11 is 0. The van der Waals surface area contributed by atoms with Crippen molar-refractivity contribution in [3.05, 3.63) is 25.6 Å². The second kappa shape index (κ2) is 6.73. The molecule has 0 aromatic heterocycles. The van der Waals surface area contributed by atoms with E-state index in [4.69, 9.17) is 0 Å². The van der Waals surface area contributed by atoms with Crippen molar-refractivity contribution < 1.29 is 5.11 Å². The van der Waals surface area contributed by atoms with Gasteiger partial charge in [-0.25, -0.2) is 0 Å². The molecule has 0 saturated carbocycles. The molecule has 0 rings (SSSR count). The Morgan fingerprint density at radius 3 is 2.67 bits per heavy atom. The Balaban J connectivity index is 3.65. The number of aliphatic hydroxyl groups is 1. The average Bonchev–Trinajstić information content (AvgIpc) is 2.11. The molecular formula is C9H18N2O. The summed E-state index contributed by atoms with van der Waals surface area (Å²) in [5.74, 6) is 0. The van der Waals surface area contributed by atoms with Gasteiger partial charge in [0.25, 0.3) is 0 Å². The predicted octanol–water partition coefficient (Wildman–Crippen LogP) is 0.893. The number of aliphatic hydroxyl groups excluding tert-OH is 1. The van der Waals surface area contributed by atoms with E-state index in [-0.39, 0.29) is 6.10 Å². The fourth-order valence-corrected chi connectivity index (χ4v) is 0.785. The summed E-state index contributed by atoms with van der Waals surface area (Å²) in [5, 5.41) is 12.3. The van der Waals surface area contributed by atoms with Gasteiger partial charge in [0.15, 0.2) is 0 Å². The summed E-state index contributed by atoms with van der Waals surface area (Å²) < 4.78 is 0. The minimum Gasteiger partial charge on any atom is -0.391 e. The summed E-state index contributed by atoms with van der Waals surface area (Å²) in [6, 6.07) is 0. The minimum absolute atomic E-state index is 0.283. The van der Waals surface area contributed by atoms with Crippen LogP contribution in [0.4, 0.5) is 0 Å². The third kappa shape index (κ3) is 4.79. The van der Waals surface area contributed by atoms with Crippen molar-refractivity contribution in [1.82, 2.24) is 10.2 Å². The van der Waals surface area contributed by atoms with Gasteiger partial charge in [0, 0.05) is 6.54 Å². The highest BCUT2D eigenvalue weighted by atomic mass is 16.3. The van der Waals surface area contributed by atoms with Gasteiger partial charge < -0.3 is 15.3 Å². The van der Waals surface area contributed by atoms with E-state index in [1.165, 1.54) is 0 Å². The van der Waals surface area contributed by atoms with Crippen LogP contribution in [-0.2, 0) is 0 Å². The van der Waals surface area contributed by atoms with Crippen molar-refractivity contribution in [3.63, 3.8) is 0 Å². The molecule has 2 N–H and O–H groups in total. The first-order chi connectivity index (χ1) is 5.74. The summed E-state index contributed by atoms with van der Waals surface area (Å²) in [6.07, 6.45) is 3.80. The van der Waals surface area contributed by atoms with E-state index < -0.39 is 0 Å². The van der Waals surface area contributed by atoms with Crippen molar-refractivity contribution in [3.8, 4) is 0 Å². The van der Waals surface area contributed by atoms with E-state index >= 15 is 0 Å². The molecule has 0 aliphatic heterocycles. The molecule has 1 unspecified atom stereocenters. The fourth-order valence-electron chi connectivity index (χ4n) is 0.785. The Morgan fingerprint density at radius 1 is 1.58 bits per heavy atom. The van der Waals surface area contributed by atoms with Gasteiger partial charge in [-0.15, -0.1) is 0 Å². The zero-order chi connectivity index (χ0) is 9.40. The molecule has 3 nitrogen and oxygen atoms in total. The van der Waals surface area contributed by atoms with Gasteiger partial charge >= 0.3 is 0 Å². The number of nitrogens with zero attached hydrogens (tertiary/aromatic N) is 1. The zero-order valence-corrected chi connectivity index (χ0v) is 7.66. The molecule has 0 aliphatic rings. The molecule has 0 aromatic carbocycles. The fraction of sp³-hybridized carbons (Fsp3) is 0.556. The van der Waals surface area contributed by atoms with E-state index in [0.717, 1.165) is 6.42 Å². The lowest BCUT2D eigenvalue weighted by Crippen LogP contribution is -2.33. The Morgan fingerprint density at radius 2 is 2.25 bits per heavy atom. The van der Waals surface area contributed by atoms with Crippen LogP contribution in [0.1, 0.15) is 13.3 Å². The average molecular weight is 170 g/mol. The molecule has 0 saturated heterocycles. The highest BCUT2D eigenvalue weighted by molar-refractivity contribution is 4.75. The second-order valence-electron chi connectivity index (χ2n) is 2.58. The summed E-state index contributed by atoms with van der Waals surface area (Å²) in [5.41, 5.74) is 0. The molecule has 0 fully saturated rings. The number of hydrogen-bond donors (Lipinski definition) is 2. The number of nitrogens with one attached hydrogen (secondary N) is 1. The van der Waals surface area contributed by atoms with Crippen LogP contribution >= 0.6 is 0 Å². The maximum absolute atomic E-state index is 9.32. The molecule has 0 bridgehead atoms. The van der Waals surface area contributed by atoms with E-state index in [1.54, 1.807) is 12.4 Å². The van der Waals surface area contributed by atoms with Gasteiger partial charge in [-0.1, -0.05) is 20.1 Å². The van der Waals surface area contributed by atoms with Crippen molar-refractivity contribution >= 4 is 0 Å². The van der Waals surface area contributed by atoms with Gasteiger partial charge in [-0.05, 0) is 18.8 Å². The maximum Gasteiger partial charge on any atom is 0.0867 e. The van der Waals surface area contributed by atoms with Crippen molar-refractivity contribution in [2.75, 3.05) is 13.2 Å². The summed E-state index contributed by atoms with van der Waals surface area (Å²) in [6.45, 7) is 10.4. The molecule has 0 aromatic rings. The highest BCUT2D eigenvalue weighted by Crippen LogP contribution is 1.95. The van der Waals surface area contributed by atoms with E-state index in [2.05, 4.69) is 18.5 Å². The van der Waals surface area contributed by atoms with Crippen LogP contribution in [0.5, 0.6) is 0 Å². The first-order valence-electron chi connectivity index (χ1n) is 4.13. The predicted molar refractivity (Wildman–Crippen MR) is 51.4 cm³/mol. The Labute approximate surface area is 74.4 Å². The lowest BCUT2D eigenvalue weighted by molar-refractivity contribution is 0.129. The molecule has 1 atom stereocenters. The highest BCUT2D eigenvalue weighted by Gasteiger charge is 2.04. The third-order valence-electron chi connectivity index (χ3n) is 1.61. The van der Waals surface area contributed by atoms with Crippen LogP contribution < -0.4 is 5.32 Å². The van der Waals surface area contributed by atoms with Crippen LogP contribution in [0.3, 0.4) is 0 Å². The third-order valence-corrected chi connectivity index (χ3v) is 1.61. The smallest absolute Gasteiger partial charge is 0.0867 e. The molecule has 12 heavy (non-hydrogen) atoms. The quantitative estimate of drug-likeness (QED) is 0.557. The topological polar surface area (TPSA) is 35.5 Å². The Hall–Kier alpha value is -0.960. The van der Waals surface area contributed by atoms with E-state index in [0.29, 0.717) is 13.2 Å².